The third-order valence-electron chi connectivity index (χ3n) is 5.45. The maximum atomic E-state index is 5.50. The highest BCUT2D eigenvalue weighted by molar-refractivity contribution is 5.80. The molecule has 2 atom stereocenters. The number of hydrogen-bond donors (Lipinski definition) is 2. The van der Waals surface area contributed by atoms with Gasteiger partial charge in [0.2, 0.25) is 5.89 Å². The Morgan fingerprint density at radius 1 is 1.31 bits per heavy atom. The quantitative estimate of drug-likeness (QED) is 0.471. The molecule has 9 heteroatoms. The Labute approximate surface area is 173 Å². The average Bonchev–Trinajstić information content (AvgIpc) is 3.40. The first kappa shape index (κ1) is 22.0. The normalized spacial score (nSPS) is 22.7. The summed E-state index contributed by atoms with van der Waals surface area (Å²) in [5.74, 6) is 2.57. The van der Waals surface area contributed by atoms with Crippen molar-refractivity contribution in [3.8, 4) is 0 Å². The molecule has 1 aromatic rings. The molecule has 0 aromatic carbocycles. The summed E-state index contributed by atoms with van der Waals surface area (Å²) in [4.78, 5) is 11.6. The molecule has 0 aliphatic carbocycles. The molecular weight excluding hydrogens is 372 g/mol. The molecule has 9 nitrogen and oxygen atoms in total. The van der Waals surface area contributed by atoms with Gasteiger partial charge in [0.05, 0.1) is 6.61 Å². The fourth-order valence-corrected chi connectivity index (χ4v) is 3.83. The predicted molar refractivity (Wildman–Crippen MR) is 111 cm³/mol. The molecule has 2 saturated heterocycles. The minimum absolute atomic E-state index is 0.172. The number of piperidine rings is 1. The van der Waals surface area contributed by atoms with Gasteiger partial charge in [-0.05, 0) is 46.0 Å². The number of likely N-dealkylation sites (tertiary alicyclic amines) is 1. The Morgan fingerprint density at radius 3 is 2.83 bits per heavy atom. The van der Waals surface area contributed by atoms with Gasteiger partial charge in [0.25, 0.3) is 0 Å². The van der Waals surface area contributed by atoms with E-state index in [9.17, 15) is 0 Å². The van der Waals surface area contributed by atoms with E-state index >= 15 is 0 Å². The van der Waals surface area contributed by atoms with Gasteiger partial charge in [-0.3, -0.25) is 0 Å². The van der Waals surface area contributed by atoms with Gasteiger partial charge in [0.15, 0.2) is 11.8 Å². The first-order chi connectivity index (χ1) is 14.2. The Bertz CT molecular complexity index is 623. The Morgan fingerprint density at radius 2 is 2.14 bits per heavy atom. The minimum atomic E-state index is -0.172. The van der Waals surface area contributed by atoms with Crippen LogP contribution in [0, 0.1) is 5.92 Å². The van der Waals surface area contributed by atoms with E-state index in [1.165, 1.54) is 13.0 Å². The maximum Gasteiger partial charge on any atom is 0.248 e. The van der Waals surface area contributed by atoms with Crippen LogP contribution in [0.2, 0.25) is 0 Å². The van der Waals surface area contributed by atoms with Crippen molar-refractivity contribution in [2.24, 2.45) is 10.9 Å². The first-order valence-corrected chi connectivity index (χ1v) is 11.0. The predicted octanol–water partition coefficient (Wildman–Crippen LogP) is 1.72. The molecule has 1 aromatic heterocycles. The van der Waals surface area contributed by atoms with E-state index in [1.807, 2.05) is 13.8 Å². The molecule has 164 valence electrons. The van der Waals surface area contributed by atoms with Crippen molar-refractivity contribution in [3.63, 3.8) is 0 Å². The standard InChI is InChI=1S/C20H36N6O3/c1-4-21-20(22-12-18-24-19(25-29-18)15(3)28-5-2)23-17-6-9-26(10-7-17)13-16-8-11-27-14-16/h15-17H,4-14H2,1-3H3,(H2,21,22,23). The zero-order valence-electron chi connectivity index (χ0n) is 18.0. The summed E-state index contributed by atoms with van der Waals surface area (Å²) in [7, 11) is 0. The molecule has 2 aliphatic rings. The lowest BCUT2D eigenvalue weighted by Crippen LogP contribution is -2.49. The summed E-state index contributed by atoms with van der Waals surface area (Å²) in [6, 6.07) is 0.431. The van der Waals surface area contributed by atoms with Crippen LogP contribution >= 0.6 is 0 Å². The zero-order chi connectivity index (χ0) is 20.5. The highest BCUT2D eigenvalue weighted by Crippen LogP contribution is 2.18. The first-order valence-electron chi connectivity index (χ1n) is 11.0. The molecule has 0 spiro atoms. The molecule has 3 heterocycles. The minimum Gasteiger partial charge on any atom is -0.381 e. The van der Waals surface area contributed by atoms with Crippen LogP contribution < -0.4 is 10.6 Å². The van der Waals surface area contributed by atoms with Crippen molar-refractivity contribution in [3.05, 3.63) is 11.7 Å². The van der Waals surface area contributed by atoms with Crippen molar-refractivity contribution in [2.75, 3.05) is 46.0 Å². The summed E-state index contributed by atoms with van der Waals surface area (Å²) >= 11 is 0. The van der Waals surface area contributed by atoms with Crippen LogP contribution in [0.15, 0.2) is 9.52 Å². The van der Waals surface area contributed by atoms with E-state index in [-0.39, 0.29) is 6.10 Å². The molecule has 2 aliphatic heterocycles. The molecule has 29 heavy (non-hydrogen) atoms. The van der Waals surface area contributed by atoms with Crippen molar-refractivity contribution in [1.29, 1.82) is 0 Å². The van der Waals surface area contributed by atoms with Crippen molar-refractivity contribution in [2.45, 2.75) is 58.7 Å². The second-order valence-corrected chi connectivity index (χ2v) is 7.79. The van der Waals surface area contributed by atoms with Crippen LogP contribution in [0.5, 0.6) is 0 Å². The summed E-state index contributed by atoms with van der Waals surface area (Å²) < 4.78 is 16.3. The number of nitrogens with one attached hydrogen (secondary N) is 2. The van der Waals surface area contributed by atoms with E-state index in [0.717, 1.165) is 51.6 Å². The Kier molecular flexibility index (Phi) is 8.69. The second-order valence-electron chi connectivity index (χ2n) is 7.79. The van der Waals surface area contributed by atoms with E-state index < -0.39 is 0 Å². The van der Waals surface area contributed by atoms with Gasteiger partial charge in [-0.1, -0.05) is 5.16 Å². The van der Waals surface area contributed by atoms with Gasteiger partial charge < -0.3 is 29.5 Å². The molecule has 0 bridgehead atoms. The number of nitrogens with zero attached hydrogens (tertiary/aromatic N) is 4. The summed E-state index contributed by atoms with van der Waals surface area (Å²) in [5.41, 5.74) is 0. The molecular formula is C20H36N6O3. The van der Waals surface area contributed by atoms with Crippen LogP contribution in [0.25, 0.3) is 0 Å². The van der Waals surface area contributed by atoms with E-state index in [1.54, 1.807) is 0 Å². The van der Waals surface area contributed by atoms with E-state index in [0.29, 0.717) is 36.8 Å². The SMILES string of the molecule is CCNC(=NCc1nc(C(C)OCC)no1)NC1CCN(CC2CCOC2)CC1. The zero-order valence-corrected chi connectivity index (χ0v) is 18.0. The van der Waals surface area contributed by atoms with Crippen LogP contribution in [0.4, 0.5) is 0 Å². The maximum absolute atomic E-state index is 5.50. The number of aliphatic imine (C=N–C) groups is 1. The van der Waals surface area contributed by atoms with Crippen molar-refractivity contribution < 1.29 is 14.0 Å². The van der Waals surface area contributed by atoms with Crippen molar-refractivity contribution in [1.82, 2.24) is 25.7 Å². The van der Waals surface area contributed by atoms with Crippen LogP contribution in [0.3, 0.4) is 0 Å². The fourth-order valence-electron chi connectivity index (χ4n) is 3.83. The number of aromatic nitrogens is 2. The highest BCUT2D eigenvalue weighted by Gasteiger charge is 2.24. The highest BCUT2D eigenvalue weighted by atomic mass is 16.5. The summed E-state index contributed by atoms with van der Waals surface area (Å²) in [6.45, 7) is 13.0. The van der Waals surface area contributed by atoms with Crippen LogP contribution in [-0.4, -0.2) is 73.0 Å². The van der Waals surface area contributed by atoms with E-state index in [4.69, 9.17) is 14.0 Å². The molecule has 2 fully saturated rings. The molecule has 3 rings (SSSR count). The molecule has 2 N–H and O–H groups in total. The fraction of sp³-hybridized carbons (Fsp3) is 0.850. The summed E-state index contributed by atoms with van der Waals surface area (Å²) in [5, 5.41) is 10.9. The lowest BCUT2D eigenvalue weighted by molar-refractivity contribution is 0.0683. The molecule has 2 unspecified atom stereocenters. The van der Waals surface area contributed by atoms with Crippen molar-refractivity contribution >= 4 is 5.96 Å². The topological polar surface area (TPSA) is 97.0 Å². The third kappa shape index (κ3) is 6.94. The molecule has 0 amide bonds. The van der Waals surface area contributed by atoms with Gasteiger partial charge in [-0.15, -0.1) is 0 Å². The summed E-state index contributed by atoms with van der Waals surface area (Å²) in [6.07, 6.45) is 3.27. The molecule has 0 radical (unpaired) electrons. The average molecular weight is 409 g/mol. The Balaban J connectivity index is 1.46. The lowest BCUT2D eigenvalue weighted by Gasteiger charge is -2.34. The number of hydrogen-bond acceptors (Lipinski definition) is 7. The van der Waals surface area contributed by atoms with Gasteiger partial charge >= 0.3 is 0 Å². The van der Waals surface area contributed by atoms with Crippen LogP contribution in [0.1, 0.15) is 57.9 Å². The molecule has 0 saturated carbocycles. The monoisotopic (exact) mass is 408 g/mol. The third-order valence-corrected chi connectivity index (χ3v) is 5.45. The van der Waals surface area contributed by atoms with Crippen LogP contribution in [-0.2, 0) is 16.0 Å². The van der Waals surface area contributed by atoms with Gasteiger partial charge in [-0.2, -0.15) is 4.98 Å². The van der Waals surface area contributed by atoms with E-state index in [2.05, 4.69) is 37.6 Å². The smallest absolute Gasteiger partial charge is 0.248 e. The number of rotatable bonds is 9. The van der Waals surface area contributed by atoms with Gasteiger partial charge in [0, 0.05) is 45.4 Å². The Hall–Kier alpha value is -1.71. The number of ether oxygens (including phenoxy) is 2. The number of guanidine groups is 1. The largest absolute Gasteiger partial charge is 0.381 e. The van der Waals surface area contributed by atoms with Gasteiger partial charge in [0.1, 0.15) is 12.6 Å². The van der Waals surface area contributed by atoms with Gasteiger partial charge in [-0.25, -0.2) is 4.99 Å². The lowest BCUT2D eigenvalue weighted by atomic mass is 10.0. The second kappa shape index (κ2) is 11.5.